The number of rotatable bonds is 2. The molecule has 74 valence electrons. The van der Waals surface area contributed by atoms with Gasteiger partial charge in [-0.3, -0.25) is 0 Å². The quantitative estimate of drug-likeness (QED) is 0.852. The Morgan fingerprint density at radius 3 is 2.71 bits per heavy atom. The van der Waals surface area contributed by atoms with Crippen LogP contribution < -0.4 is 5.73 Å². The predicted molar refractivity (Wildman–Crippen MR) is 61.9 cm³/mol. The van der Waals surface area contributed by atoms with Gasteiger partial charge in [-0.1, -0.05) is 0 Å². The largest absolute Gasteiger partial charge is 0.318 e. The fraction of sp³-hybridized carbons (Fsp3) is 0.300. The minimum atomic E-state index is -0.0568. The summed E-state index contributed by atoms with van der Waals surface area (Å²) in [6, 6.07) is 2.00. The summed E-state index contributed by atoms with van der Waals surface area (Å²) in [5.41, 5.74) is 8.35. The van der Waals surface area contributed by atoms with Gasteiger partial charge in [-0.15, -0.1) is 11.3 Å². The predicted octanol–water partition coefficient (Wildman–Crippen LogP) is 2.87. The van der Waals surface area contributed by atoms with E-state index in [1.165, 1.54) is 4.88 Å². The molecule has 0 radical (unpaired) electrons. The van der Waals surface area contributed by atoms with Crippen LogP contribution in [-0.4, -0.2) is 4.98 Å². The molecule has 2 rings (SSSR count). The van der Waals surface area contributed by atoms with Gasteiger partial charge in [0, 0.05) is 4.88 Å². The number of aromatic nitrogens is 1. The molecule has 2 aromatic rings. The summed E-state index contributed by atoms with van der Waals surface area (Å²) >= 11 is 3.36. The topological polar surface area (TPSA) is 38.9 Å². The van der Waals surface area contributed by atoms with Gasteiger partial charge in [-0.2, -0.15) is 11.3 Å². The SMILES string of the molecule is Cc1nc(C(N)c2ccsc2)sc1C. The highest BCUT2D eigenvalue weighted by molar-refractivity contribution is 7.11. The number of hydrogen-bond acceptors (Lipinski definition) is 4. The van der Waals surface area contributed by atoms with E-state index in [-0.39, 0.29) is 6.04 Å². The highest BCUT2D eigenvalue weighted by atomic mass is 32.1. The molecule has 0 aliphatic carbocycles. The maximum absolute atomic E-state index is 6.10. The molecule has 2 nitrogen and oxygen atoms in total. The van der Waals surface area contributed by atoms with Gasteiger partial charge in [0.2, 0.25) is 0 Å². The molecule has 0 aromatic carbocycles. The van der Waals surface area contributed by atoms with Gasteiger partial charge < -0.3 is 5.73 Å². The summed E-state index contributed by atoms with van der Waals surface area (Å²) in [4.78, 5) is 5.72. The average molecular weight is 224 g/mol. The number of thiophene rings is 1. The minimum Gasteiger partial charge on any atom is -0.318 e. The first kappa shape index (κ1) is 9.83. The summed E-state index contributed by atoms with van der Waals surface area (Å²) in [6.45, 7) is 4.10. The first-order chi connectivity index (χ1) is 6.68. The van der Waals surface area contributed by atoms with Crippen LogP contribution in [0, 0.1) is 13.8 Å². The lowest BCUT2D eigenvalue weighted by Gasteiger charge is -2.04. The summed E-state index contributed by atoms with van der Waals surface area (Å²) in [5, 5.41) is 5.14. The molecule has 0 bridgehead atoms. The molecule has 0 spiro atoms. The van der Waals surface area contributed by atoms with Crippen LogP contribution in [0.4, 0.5) is 0 Å². The second-order valence-electron chi connectivity index (χ2n) is 3.23. The minimum absolute atomic E-state index is 0.0568. The zero-order valence-corrected chi connectivity index (χ0v) is 9.78. The van der Waals surface area contributed by atoms with E-state index < -0.39 is 0 Å². The van der Waals surface area contributed by atoms with Crippen molar-refractivity contribution in [2.75, 3.05) is 0 Å². The Hall–Kier alpha value is -0.710. The molecule has 0 amide bonds. The van der Waals surface area contributed by atoms with E-state index in [0.717, 1.165) is 16.3 Å². The second-order valence-corrected chi connectivity index (χ2v) is 5.24. The molecule has 4 heteroatoms. The fourth-order valence-corrected chi connectivity index (χ4v) is 2.87. The summed E-state index contributed by atoms with van der Waals surface area (Å²) in [6.07, 6.45) is 0. The molecule has 0 aliphatic heterocycles. The van der Waals surface area contributed by atoms with E-state index in [9.17, 15) is 0 Å². The first-order valence-electron chi connectivity index (χ1n) is 4.40. The van der Waals surface area contributed by atoms with Gasteiger partial charge in [-0.05, 0) is 36.2 Å². The van der Waals surface area contributed by atoms with Gasteiger partial charge in [0.1, 0.15) is 5.01 Å². The van der Waals surface area contributed by atoms with Gasteiger partial charge in [0.15, 0.2) is 0 Å². The van der Waals surface area contributed by atoms with Crippen molar-refractivity contribution in [3.63, 3.8) is 0 Å². The van der Waals surface area contributed by atoms with Crippen molar-refractivity contribution in [2.24, 2.45) is 5.73 Å². The molecule has 14 heavy (non-hydrogen) atoms. The van der Waals surface area contributed by atoms with Gasteiger partial charge in [0.05, 0.1) is 11.7 Å². The van der Waals surface area contributed by atoms with Crippen LogP contribution in [0.3, 0.4) is 0 Å². The van der Waals surface area contributed by atoms with E-state index in [0.29, 0.717) is 0 Å². The van der Waals surface area contributed by atoms with E-state index in [4.69, 9.17) is 5.73 Å². The third kappa shape index (κ3) is 1.73. The average Bonchev–Trinajstić information content (AvgIpc) is 2.76. The van der Waals surface area contributed by atoms with Crippen LogP contribution in [0.15, 0.2) is 16.8 Å². The number of aryl methyl sites for hydroxylation is 2. The molecule has 0 aliphatic rings. The first-order valence-corrected chi connectivity index (χ1v) is 6.16. The third-order valence-corrected chi connectivity index (χ3v) is 4.07. The van der Waals surface area contributed by atoms with E-state index in [1.54, 1.807) is 22.7 Å². The molecule has 1 unspecified atom stereocenters. The standard InChI is InChI=1S/C10H12N2S2/c1-6-7(2)14-10(12-6)9(11)8-3-4-13-5-8/h3-5,9H,11H2,1-2H3. The Balaban J connectivity index is 2.32. The highest BCUT2D eigenvalue weighted by Crippen LogP contribution is 2.26. The smallest absolute Gasteiger partial charge is 0.114 e. The normalized spacial score (nSPS) is 13.1. The van der Waals surface area contributed by atoms with Crippen molar-refractivity contribution < 1.29 is 0 Å². The summed E-state index contributed by atoms with van der Waals surface area (Å²) < 4.78 is 0. The zero-order chi connectivity index (χ0) is 10.1. The Labute approximate surface area is 91.4 Å². The van der Waals surface area contributed by atoms with Gasteiger partial charge in [0.25, 0.3) is 0 Å². The molecule has 2 aromatic heterocycles. The van der Waals surface area contributed by atoms with E-state index in [2.05, 4.69) is 23.4 Å². The molecule has 1 atom stereocenters. The van der Waals surface area contributed by atoms with Crippen molar-refractivity contribution in [1.29, 1.82) is 0 Å². The highest BCUT2D eigenvalue weighted by Gasteiger charge is 2.14. The summed E-state index contributed by atoms with van der Waals surface area (Å²) in [5.74, 6) is 0. The summed E-state index contributed by atoms with van der Waals surface area (Å²) in [7, 11) is 0. The Kier molecular flexibility index (Phi) is 2.67. The maximum atomic E-state index is 6.10. The van der Waals surface area contributed by atoms with Crippen molar-refractivity contribution >= 4 is 22.7 Å². The Bertz CT molecular complexity index is 398. The van der Waals surface area contributed by atoms with Crippen molar-refractivity contribution in [1.82, 2.24) is 4.98 Å². The molecular formula is C10H12N2S2. The molecule has 2 heterocycles. The lowest BCUT2D eigenvalue weighted by atomic mass is 10.2. The van der Waals surface area contributed by atoms with Gasteiger partial charge >= 0.3 is 0 Å². The van der Waals surface area contributed by atoms with Crippen LogP contribution in [0.1, 0.15) is 27.2 Å². The molecular weight excluding hydrogens is 212 g/mol. The molecule has 0 saturated heterocycles. The molecule has 0 saturated carbocycles. The molecule has 2 N–H and O–H groups in total. The number of hydrogen-bond donors (Lipinski definition) is 1. The molecule has 0 fully saturated rings. The van der Waals surface area contributed by atoms with Crippen LogP contribution in [-0.2, 0) is 0 Å². The van der Waals surface area contributed by atoms with Crippen molar-refractivity contribution in [2.45, 2.75) is 19.9 Å². The van der Waals surface area contributed by atoms with Crippen LogP contribution in [0.2, 0.25) is 0 Å². The fourth-order valence-electron chi connectivity index (χ4n) is 1.23. The Morgan fingerprint density at radius 1 is 1.43 bits per heavy atom. The lowest BCUT2D eigenvalue weighted by Crippen LogP contribution is -2.10. The third-order valence-electron chi connectivity index (χ3n) is 2.21. The van der Waals surface area contributed by atoms with Crippen LogP contribution in [0.5, 0.6) is 0 Å². The zero-order valence-electron chi connectivity index (χ0n) is 8.15. The second kappa shape index (κ2) is 3.81. The number of nitrogens with two attached hydrogens (primary N) is 1. The van der Waals surface area contributed by atoms with E-state index >= 15 is 0 Å². The van der Waals surface area contributed by atoms with Gasteiger partial charge in [-0.25, -0.2) is 4.98 Å². The Morgan fingerprint density at radius 2 is 2.21 bits per heavy atom. The van der Waals surface area contributed by atoms with Crippen molar-refractivity contribution in [3.8, 4) is 0 Å². The lowest BCUT2D eigenvalue weighted by molar-refractivity contribution is 0.857. The van der Waals surface area contributed by atoms with Crippen LogP contribution >= 0.6 is 22.7 Å². The number of nitrogens with zero attached hydrogens (tertiary/aromatic N) is 1. The van der Waals surface area contributed by atoms with Crippen molar-refractivity contribution in [3.05, 3.63) is 38.0 Å². The monoisotopic (exact) mass is 224 g/mol. The van der Waals surface area contributed by atoms with E-state index in [1.807, 2.05) is 12.3 Å². The number of thiazole rings is 1. The maximum Gasteiger partial charge on any atom is 0.114 e. The van der Waals surface area contributed by atoms with Crippen LogP contribution in [0.25, 0.3) is 0 Å².